The van der Waals surface area contributed by atoms with Crippen LogP contribution in [0.3, 0.4) is 0 Å². The molecule has 24 heavy (non-hydrogen) atoms. The van der Waals surface area contributed by atoms with Crippen molar-refractivity contribution in [3.63, 3.8) is 0 Å². The van der Waals surface area contributed by atoms with Crippen molar-refractivity contribution in [2.24, 2.45) is 0 Å². The molecule has 3 rings (SSSR count). The Labute approximate surface area is 143 Å². The number of thiophene rings is 1. The van der Waals surface area contributed by atoms with Crippen LogP contribution in [-0.4, -0.2) is 27.5 Å². The molecule has 7 nitrogen and oxygen atoms in total. The lowest BCUT2D eigenvalue weighted by molar-refractivity contribution is -0.120. The smallest absolute Gasteiger partial charge is 0.321 e. The molecule has 128 valence electrons. The highest BCUT2D eigenvalue weighted by Gasteiger charge is 2.18. The molecule has 0 atom stereocenters. The summed E-state index contributed by atoms with van der Waals surface area (Å²) in [6.45, 7) is 1.79. The van der Waals surface area contributed by atoms with Crippen molar-refractivity contribution < 1.29 is 9.59 Å². The number of imide groups is 1. The molecule has 3 amide bonds. The number of amides is 3. The Kier molecular flexibility index (Phi) is 4.94. The van der Waals surface area contributed by atoms with E-state index >= 15 is 0 Å². The van der Waals surface area contributed by atoms with E-state index < -0.39 is 11.9 Å². The molecular weight excluding hydrogens is 328 g/mol. The zero-order valence-corrected chi connectivity index (χ0v) is 14.3. The van der Waals surface area contributed by atoms with Crippen LogP contribution >= 0.6 is 11.3 Å². The van der Waals surface area contributed by atoms with Gasteiger partial charge in [-0.05, 0) is 25.3 Å². The number of hydrogen-bond acceptors (Lipinski definition) is 5. The third-order valence-electron chi connectivity index (χ3n) is 4.17. The third-order valence-corrected chi connectivity index (χ3v) is 5.36. The van der Waals surface area contributed by atoms with E-state index in [0.717, 1.165) is 37.0 Å². The highest BCUT2D eigenvalue weighted by Crippen LogP contribution is 2.21. The second-order valence-electron chi connectivity index (χ2n) is 5.97. The van der Waals surface area contributed by atoms with E-state index in [9.17, 15) is 14.4 Å². The maximum Gasteiger partial charge on any atom is 0.321 e. The van der Waals surface area contributed by atoms with E-state index in [0.29, 0.717) is 10.2 Å². The molecule has 1 aliphatic rings. The van der Waals surface area contributed by atoms with E-state index in [4.69, 9.17) is 0 Å². The molecule has 0 saturated heterocycles. The lowest BCUT2D eigenvalue weighted by Crippen LogP contribution is -2.45. The zero-order chi connectivity index (χ0) is 17.1. The van der Waals surface area contributed by atoms with Crippen LogP contribution in [0.5, 0.6) is 0 Å². The molecule has 1 fully saturated rings. The molecule has 1 aliphatic carbocycles. The van der Waals surface area contributed by atoms with Gasteiger partial charge >= 0.3 is 6.03 Å². The van der Waals surface area contributed by atoms with Crippen LogP contribution in [0, 0.1) is 0 Å². The van der Waals surface area contributed by atoms with Crippen molar-refractivity contribution >= 4 is 33.5 Å². The summed E-state index contributed by atoms with van der Waals surface area (Å²) in [4.78, 5) is 42.2. The summed E-state index contributed by atoms with van der Waals surface area (Å²) >= 11 is 1.48. The lowest BCUT2D eigenvalue weighted by Gasteiger charge is -2.12. The summed E-state index contributed by atoms with van der Waals surface area (Å²) in [5.41, 5.74) is -0.262. The largest absolute Gasteiger partial charge is 0.335 e. The first-order chi connectivity index (χ1) is 11.6. The van der Waals surface area contributed by atoms with E-state index in [1.807, 2.05) is 13.0 Å². The van der Waals surface area contributed by atoms with E-state index in [1.165, 1.54) is 22.2 Å². The van der Waals surface area contributed by atoms with Crippen molar-refractivity contribution in [1.29, 1.82) is 0 Å². The topological polar surface area (TPSA) is 93.1 Å². The number of nitrogens with one attached hydrogen (secondary N) is 2. The number of hydrogen-bond donors (Lipinski definition) is 2. The average Bonchev–Trinajstić information content (AvgIpc) is 3.19. The normalized spacial score (nSPS) is 14.9. The van der Waals surface area contributed by atoms with Gasteiger partial charge in [-0.3, -0.25) is 19.5 Å². The number of carbonyl (C=O) groups excluding carboxylic acids is 2. The minimum atomic E-state index is -0.528. The Hall–Kier alpha value is -2.22. The van der Waals surface area contributed by atoms with Crippen molar-refractivity contribution in [2.75, 3.05) is 0 Å². The molecule has 8 heteroatoms. The summed E-state index contributed by atoms with van der Waals surface area (Å²) in [5, 5.41) is 5.57. The van der Waals surface area contributed by atoms with Crippen molar-refractivity contribution in [3.05, 3.63) is 27.6 Å². The second-order valence-corrected chi connectivity index (χ2v) is 7.08. The number of aromatic nitrogens is 2. The predicted octanol–water partition coefficient (Wildman–Crippen LogP) is 1.79. The fourth-order valence-electron chi connectivity index (χ4n) is 2.91. The van der Waals surface area contributed by atoms with Crippen LogP contribution in [0.1, 0.15) is 37.5 Å². The van der Waals surface area contributed by atoms with Gasteiger partial charge in [0.1, 0.15) is 11.4 Å². The van der Waals surface area contributed by atoms with Gasteiger partial charge < -0.3 is 5.32 Å². The Bertz CT molecular complexity index is 820. The Morgan fingerprint density at radius 3 is 2.83 bits per heavy atom. The summed E-state index contributed by atoms with van der Waals surface area (Å²) < 4.78 is 1.23. The molecule has 0 aliphatic heterocycles. The fourth-order valence-corrected chi connectivity index (χ4v) is 3.83. The van der Waals surface area contributed by atoms with Crippen molar-refractivity contribution in [1.82, 2.24) is 20.2 Å². The molecule has 2 N–H and O–H groups in total. The Morgan fingerprint density at radius 2 is 2.12 bits per heavy atom. The van der Waals surface area contributed by atoms with Gasteiger partial charge in [-0.2, -0.15) is 0 Å². The summed E-state index contributed by atoms with van der Waals surface area (Å²) in [6.07, 6.45) is 6.28. The zero-order valence-electron chi connectivity index (χ0n) is 13.5. The van der Waals surface area contributed by atoms with Crippen molar-refractivity contribution in [2.45, 2.75) is 51.6 Å². The highest BCUT2D eigenvalue weighted by atomic mass is 32.1. The molecule has 0 unspecified atom stereocenters. The minimum absolute atomic E-state index is 0.136. The monoisotopic (exact) mass is 348 g/mol. The van der Waals surface area contributed by atoms with E-state index in [2.05, 4.69) is 15.6 Å². The lowest BCUT2D eigenvalue weighted by atomic mass is 10.2. The number of fused-ring (bicyclic) bond motifs is 1. The first-order valence-corrected chi connectivity index (χ1v) is 8.96. The maximum absolute atomic E-state index is 12.4. The number of nitrogens with zero attached hydrogens (tertiary/aromatic N) is 2. The molecule has 1 saturated carbocycles. The van der Waals surface area contributed by atoms with E-state index in [-0.39, 0.29) is 18.1 Å². The van der Waals surface area contributed by atoms with Gasteiger partial charge in [0.05, 0.1) is 11.7 Å². The quantitative estimate of drug-likeness (QED) is 0.881. The number of rotatable bonds is 4. The SMILES string of the molecule is CCc1cc2c(=O)n(CC(=O)NC(=O)NC3CCCC3)cnc2s1. The molecule has 2 aromatic rings. The summed E-state index contributed by atoms with van der Waals surface area (Å²) in [7, 11) is 0. The molecular formula is C16H20N4O3S. The van der Waals surface area contributed by atoms with E-state index in [1.54, 1.807) is 0 Å². The number of urea groups is 1. The van der Waals surface area contributed by atoms with Gasteiger partial charge in [0, 0.05) is 10.9 Å². The van der Waals surface area contributed by atoms with Crippen molar-refractivity contribution in [3.8, 4) is 0 Å². The standard InChI is InChI=1S/C16H20N4O3S/c1-2-11-7-12-14(24-11)17-9-20(15(12)22)8-13(21)19-16(23)18-10-5-3-4-6-10/h7,9-10H,2-6,8H2,1H3,(H2,18,19,21,23). The first-order valence-electron chi connectivity index (χ1n) is 8.15. The molecule has 0 aromatic carbocycles. The molecule has 0 bridgehead atoms. The Morgan fingerprint density at radius 1 is 1.38 bits per heavy atom. The van der Waals surface area contributed by atoms with Crippen LogP contribution in [0.2, 0.25) is 0 Å². The fraction of sp³-hybridized carbons (Fsp3) is 0.500. The predicted molar refractivity (Wildman–Crippen MR) is 92.2 cm³/mol. The first kappa shape index (κ1) is 16.6. The molecule has 2 heterocycles. The summed E-state index contributed by atoms with van der Waals surface area (Å²) in [6, 6.07) is 1.45. The second kappa shape index (κ2) is 7.12. The minimum Gasteiger partial charge on any atom is -0.335 e. The number of carbonyl (C=O) groups is 2. The van der Waals surface area contributed by atoms with Gasteiger partial charge in [-0.25, -0.2) is 9.78 Å². The molecule has 0 radical (unpaired) electrons. The number of aryl methyl sites for hydroxylation is 1. The van der Waals surface area contributed by atoms with Gasteiger partial charge in [-0.1, -0.05) is 19.8 Å². The average molecular weight is 348 g/mol. The van der Waals surface area contributed by atoms with Crippen LogP contribution < -0.4 is 16.2 Å². The van der Waals surface area contributed by atoms with Crippen LogP contribution in [-0.2, 0) is 17.8 Å². The van der Waals surface area contributed by atoms with Gasteiger partial charge in [-0.15, -0.1) is 11.3 Å². The van der Waals surface area contributed by atoms with Crippen LogP contribution in [0.15, 0.2) is 17.2 Å². The van der Waals surface area contributed by atoms with Crippen LogP contribution in [0.25, 0.3) is 10.2 Å². The summed E-state index contributed by atoms with van der Waals surface area (Å²) in [5.74, 6) is -0.528. The Balaban J connectivity index is 1.65. The van der Waals surface area contributed by atoms with Gasteiger partial charge in [0.15, 0.2) is 0 Å². The molecule has 0 spiro atoms. The molecule has 2 aromatic heterocycles. The van der Waals surface area contributed by atoms with Gasteiger partial charge in [0.2, 0.25) is 5.91 Å². The third kappa shape index (κ3) is 3.64. The van der Waals surface area contributed by atoms with Crippen LogP contribution in [0.4, 0.5) is 4.79 Å². The van der Waals surface area contributed by atoms with Gasteiger partial charge in [0.25, 0.3) is 5.56 Å². The highest BCUT2D eigenvalue weighted by molar-refractivity contribution is 7.18. The maximum atomic E-state index is 12.4.